The van der Waals surface area contributed by atoms with Crippen LogP contribution < -0.4 is 0 Å². The largest absolute Gasteiger partial charge is 0.378 e. The summed E-state index contributed by atoms with van der Waals surface area (Å²) in [6.07, 6.45) is 5.62. The molecule has 1 aliphatic heterocycles. The van der Waals surface area contributed by atoms with Crippen molar-refractivity contribution < 1.29 is 9.53 Å². The van der Waals surface area contributed by atoms with Crippen molar-refractivity contribution in [1.29, 1.82) is 0 Å². The van der Waals surface area contributed by atoms with Gasteiger partial charge in [-0.1, -0.05) is 30.3 Å². The number of hydrogen-bond donors (Lipinski definition) is 0. The molecule has 1 aromatic carbocycles. The van der Waals surface area contributed by atoms with Gasteiger partial charge >= 0.3 is 0 Å². The smallest absolute Gasteiger partial charge is 0.228 e. The van der Waals surface area contributed by atoms with Gasteiger partial charge in [0.2, 0.25) is 5.91 Å². The lowest BCUT2D eigenvalue weighted by molar-refractivity contribution is -0.143. The predicted molar refractivity (Wildman–Crippen MR) is 92.4 cm³/mol. The molecule has 0 aliphatic carbocycles. The van der Waals surface area contributed by atoms with Gasteiger partial charge in [-0.05, 0) is 25.3 Å². The molecule has 5 heteroatoms. The summed E-state index contributed by atoms with van der Waals surface area (Å²) in [5.74, 6) is 1.01. The second-order valence-corrected chi connectivity index (χ2v) is 6.48. The van der Waals surface area contributed by atoms with E-state index in [0.29, 0.717) is 6.54 Å². The highest BCUT2D eigenvalue weighted by atomic mass is 16.5. The zero-order chi connectivity index (χ0) is 16.9. The molecule has 24 heavy (non-hydrogen) atoms. The molecule has 1 aliphatic rings. The summed E-state index contributed by atoms with van der Waals surface area (Å²) in [5, 5.41) is 0. The molecule has 0 radical (unpaired) electrons. The predicted octanol–water partition coefficient (Wildman–Crippen LogP) is 2.70. The lowest BCUT2D eigenvalue weighted by Gasteiger charge is -2.31. The van der Waals surface area contributed by atoms with Crippen LogP contribution >= 0.6 is 0 Å². The molecule has 1 saturated heterocycles. The fourth-order valence-corrected chi connectivity index (χ4v) is 3.24. The minimum atomic E-state index is -0.0405. The van der Waals surface area contributed by atoms with Crippen LogP contribution in [0.5, 0.6) is 0 Å². The van der Waals surface area contributed by atoms with E-state index < -0.39 is 0 Å². The average molecular weight is 327 g/mol. The fourth-order valence-electron chi connectivity index (χ4n) is 3.24. The minimum Gasteiger partial charge on any atom is -0.378 e. The van der Waals surface area contributed by atoms with Gasteiger partial charge in [-0.2, -0.15) is 0 Å². The number of ether oxygens (including phenoxy) is 1. The van der Waals surface area contributed by atoms with Gasteiger partial charge in [-0.3, -0.25) is 4.79 Å². The Labute approximate surface area is 143 Å². The maximum Gasteiger partial charge on any atom is 0.228 e. The monoisotopic (exact) mass is 327 g/mol. The first-order chi connectivity index (χ1) is 11.6. The van der Waals surface area contributed by atoms with Gasteiger partial charge in [0, 0.05) is 32.6 Å². The van der Waals surface area contributed by atoms with Crippen LogP contribution in [-0.4, -0.2) is 40.1 Å². The first kappa shape index (κ1) is 16.7. The molecule has 1 amide bonds. The molecule has 1 fully saturated rings. The topological polar surface area (TPSA) is 47.4 Å². The summed E-state index contributed by atoms with van der Waals surface area (Å²) < 4.78 is 7.73. The minimum absolute atomic E-state index is 0.00207. The number of nitrogens with zero attached hydrogens (tertiary/aromatic N) is 3. The number of carbonyl (C=O) groups is 1. The Hall–Kier alpha value is -2.14. The van der Waals surface area contributed by atoms with E-state index in [4.69, 9.17) is 4.74 Å². The van der Waals surface area contributed by atoms with Crippen molar-refractivity contribution in [3.63, 3.8) is 0 Å². The number of benzene rings is 1. The number of rotatable bonds is 5. The molecule has 2 heterocycles. The Kier molecular flexibility index (Phi) is 5.30. The van der Waals surface area contributed by atoms with Gasteiger partial charge in [0.15, 0.2) is 0 Å². The van der Waals surface area contributed by atoms with E-state index in [9.17, 15) is 4.79 Å². The number of imidazole rings is 1. The molecule has 0 bridgehead atoms. The van der Waals surface area contributed by atoms with Gasteiger partial charge in [-0.25, -0.2) is 4.98 Å². The van der Waals surface area contributed by atoms with Crippen LogP contribution in [0.1, 0.15) is 31.2 Å². The molecule has 5 nitrogen and oxygen atoms in total. The Balaban J connectivity index is 1.65. The summed E-state index contributed by atoms with van der Waals surface area (Å²) in [4.78, 5) is 18.9. The third-order valence-corrected chi connectivity index (χ3v) is 4.68. The zero-order valence-corrected chi connectivity index (χ0v) is 14.4. The van der Waals surface area contributed by atoms with Crippen molar-refractivity contribution in [2.24, 2.45) is 5.92 Å². The van der Waals surface area contributed by atoms with Crippen LogP contribution in [0, 0.1) is 5.92 Å². The molecular formula is C19H25N3O2. The van der Waals surface area contributed by atoms with E-state index in [-0.39, 0.29) is 17.9 Å². The van der Waals surface area contributed by atoms with E-state index in [1.807, 2.05) is 38.4 Å². The van der Waals surface area contributed by atoms with Crippen molar-refractivity contribution in [2.45, 2.75) is 39.0 Å². The fraction of sp³-hybridized carbons (Fsp3) is 0.474. The Morgan fingerprint density at radius 3 is 2.92 bits per heavy atom. The maximum absolute atomic E-state index is 12.7. The van der Waals surface area contributed by atoms with Crippen molar-refractivity contribution in [3.05, 3.63) is 54.1 Å². The standard InChI is InChI=1S/C19H25N3O2/c1-15-17(9-6-12-24-15)19(23)21(2)14-18-20-10-11-22(18)13-16-7-4-3-5-8-16/h3-5,7-8,10-11,15,17H,6,9,12-14H2,1-2H3. The molecule has 3 rings (SSSR count). The highest BCUT2D eigenvalue weighted by Crippen LogP contribution is 2.23. The first-order valence-corrected chi connectivity index (χ1v) is 8.55. The van der Waals surface area contributed by atoms with Crippen molar-refractivity contribution in [1.82, 2.24) is 14.5 Å². The Bertz CT molecular complexity index is 668. The van der Waals surface area contributed by atoms with E-state index >= 15 is 0 Å². The summed E-state index contributed by atoms with van der Waals surface area (Å²) in [7, 11) is 1.85. The van der Waals surface area contributed by atoms with E-state index in [0.717, 1.165) is 31.8 Å². The molecule has 0 spiro atoms. The first-order valence-electron chi connectivity index (χ1n) is 8.55. The van der Waals surface area contributed by atoms with Crippen LogP contribution in [0.3, 0.4) is 0 Å². The molecular weight excluding hydrogens is 302 g/mol. The number of carbonyl (C=O) groups excluding carboxylic acids is 1. The maximum atomic E-state index is 12.7. The van der Waals surface area contributed by atoms with E-state index in [2.05, 4.69) is 21.7 Å². The van der Waals surface area contributed by atoms with Gasteiger partial charge in [0.1, 0.15) is 5.82 Å². The highest BCUT2D eigenvalue weighted by Gasteiger charge is 2.31. The van der Waals surface area contributed by atoms with Gasteiger partial charge in [0.05, 0.1) is 18.6 Å². The molecule has 2 aromatic rings. The van der Waals surface area contributed by atoms with E-state index in [1.165, 1.54) is 5.56 Å². The summed E-state index contributed by atoms with van der Waals surface area (Å²) >= 11 is 0. The van der Waals surface area contributed by atoms with Crippen LogP contribution in [0.4, 0.5) is 0 Å². The van der Waals surface area contributed by atoms with Gasteiger partial charge in [0.25, 0.3) is 0 Å². The second kappa shape index (κ2) is 7.62. The third-order valence-electron chi connectivity index (χ3n) is 4.68. The van der Waals surface area contributed by atoms with Crippen molar-refractivity contribution >= 4 is 5.91 Å². The second-order valence-electron chi connectivity index (χ2n) is 6.48. The van der Waals surface area contributed by atoms with Crippen LogP contribution in [0.25, 0.3) is 0 Å². The molecule has 2 atom stereocenters. The summed E-state index contributed by atoms with van der Waals surface area (Å²) in [6, 6.07) is 10.3. The zero-order valence-electron chi connectivity index (χ0n) is 14.4. The van der Waals surface area contributed by atoms with Crippen LogP contribution in [0.15, 0.2) is 42.7 Å². The molecule has 0 saturated carbocycles. The lowest BCUT2D eigenvalue weighted by Crippen LogP contribution is -2.41. The molecule has 1 aromatic heterocycles. The third kappa shape index (κ3) is 3.85. The number of hydrogen-bond acceptors (Lipinski definition) is 3. The van der Waals surface area contributed by atoms with Crippen molar-refractivity contribution in [3.8, 4) is 0 Å². The lowest BCUT2D eigenvalue weighted by atomic mass is 9.94. The molecule has 2 unspecified atom stereocenters. The SMILES string of the molecule is CC1OCCCC1C(=O)N(C)Cc1nccn1Cc1ccccc1. The average Bonchev–Trinajstić information content (AvgIpc) is 3.02. The Morgan fingerprint density at radius 2 is 2.17 bits per heavy atom. The highest BCUT2D eigenvalue weighted by molar-refractivity contribution is 5.79. The van der Waals surface area contributed by atoms with Gasteiger partial charge < -0.3 is 14.2 Å². The summed E-state index contributed by atoms with van der Waals surface area (Å²) in [5.41, 5.74) is 1.22. The Morgan fingerprint density at radius 1 is 1.38 bits per heavy atom. The summed E-state index contributed by atoms with van der Waals surface area (Å²) in [6.45, 7) is 4.03. The van der Waals surface area contributed by atoms with Crippen LogP contribution in [0.2, 0.25) is 0 Å². The van der Waals surface area contributed by atoms with E-state index in [1.54, 1.807) is 11.1 Å². The number of amides is 1. The quantitative estimate of drug-likeness (QED) is 0.848. The van der Waals surface area contributed by atoms with Gasteiger partial charge in [-0.15, -0.1) is 0 Å². The van der Waals surface area contributed by atoms with Crippen LogP contribution in [-0.2, 0) is 22.6 Å². The van der Waals surface area contributed by atoms with Crippen molar-refractivity contribution in [2.75, 3.05) is 13.7 Å². The molecule has 0 N–H and O–H groups in total. The molecule has 128 valence electrons. The normalized spacial score (nSPS) is 20.8. The number of aromatic nitrogens is 2.